The smallest absolute Gasteiger partial charge is 0.163 e. The molecule has 136 valence electrons. The Hall–Kier alpha value is -2.47. The van der Waals surface area contributed by atoms with E-state index in [2.05, 4.69) is 52.2 Å². The standard InChI is InChI=1S/C20H26N6/c1-3-25-11-13-26(14-12-25)20-17-15-21-24(2)19(17)22-18(23-20)10-9-16-7-5-4-6-8-16/h4-8,15H,3,9-14H2,1-2H3. The maximum absolute atomic E-state index is 4.95. The zero-order valence-electron chi connectivity index (χ0n) is 15.6. The number of likely N-dealkylation sites (N-methyl/N-ethyl adjacent to an activating group) is 1. The van der Waals surface area contributed by atoms with Gasteiger partial charge in [-0.25, -0.2) is 9.97 Å². The molecule has 0 spiro atoms. The Morgan fingerprint density at radius 1 is 0.962 bits per heavy atom. The largest absolute Gasteiger partial charge is 0.353 e. The number of nitrogens with zero attached hydrogens (tertiary/aromatic N) is 6. The van der Waals surface area contributed by atoms with E-state index in [-0.39, 0.29) is 0 Å². The van der Waals surface area contributed by atoms with Crippen LogP contribution in [0.1, 0.15) is 18.3 Å². The first-order valence-electron chi connectivity index (χ1n) is 9.44. The van der Waals surface area contributed by atoms with Crippen molar-refractivity contribution in [2.45, 2.75) is 19.8 Å². The fraction of sp³-hybridized carbons (Fsp3) is 0.450. The predicted octanol–water partition coefficient (Wildman–Crippen LogP) is 2.29. The van der Waals surface area contributed by atoms with Crippen molar-refractivity contribution in [1.82, 2.24) is 24.6 Å². The van der Waals surface area contributed by atoms with Gasteiger partial charge in [0.2, 0.25) is 0 Å². The molecule has 0 atom stereocenters. The SMILES string of the molecule is CCN1CCN(c2nc(CCc3ccccc3)nc3c2cnn3C)CC1. The summed E-state index contributed by atoms with van der Waals surface area (Å²) in [5, 5.41) is 5.48. The molecule has 0 bridgehead atoms. The molecule has 1 saturated heterocycles. The monoisotopic (exact) mass is 350 g/mol. The Labute approximate surface area is 154 Å². The van der Waals surface area contributed by atoms with Gasteiger partial charge in [-0.2, -0.15) is 5.10 Å². The number of aryl methyl sites for hydroxylation is 3. The van der Waals surface area contributed by atoms with E-state index in [1.807, 2.05) is 17.9 Å². The van der Waals surface area contributed by atoms with Gasteiger partial charge in [0.15, 0.2) is 5.65 Å². The van der Waals surface area contributed by atoms with Crippen LogP contribution in [0.15, 0.2) is 36.5 Å². The normalized spacial score (nSPS) is 15.7. The summed E-state index contributed by atoms with van der Waals surface area (Å²) < 4.78 is 1.86. The van der Waals surface area contributed by atoms with Crippen LogP contribution >= 0.6 is 0 Å². The molecule has 2 aromatic heterocycles. The van der Waals surface area contributed by atoms with Crippen molar-refractivity contribution < 1.29 is 0 Å². The highest BCUT2D eigenvalue weighted by Crippen LogP contribution is 2.25. The Morgan fingerprint density at radius 3 is 2.46 bits per heavy atom. The summed E-state index contributed by atoms with van der Waals surface area (Å²) in [6.07, 6.45) is 3.69. The molecule has 0 radical (unpaired) electrons. The number of piperazine rings is 1. The van der Waals surface area contributed by atoms with E-state index >= 15 is 0 Å². The second kappa shape index (κ2) is 7.41. The number of aromatic nitrogens is 4. The zero-order chi connectivity index (χ0) is 17.9. The first kappa shape index (κ1) is 17.0. The lowest BCUT2D eigenvalue weighted by Gasteiger charge is -2.35. The van der Waals surface area contributed by atoms with Crippen LogP contribution in [0.4, 0.5) is 5.82 Å². The second-order valence-corrected chi connectivity index (χ2v) is 6.88. The summed E-state index contributed by atoms with van der Waals surface area (Å²) in [6.45, 7) is 7.52. The number of benzene rings is 1. The van der Waals surface area contributed by atoms with Gasteiger partial charge in [0.1, 0.15) is 11.6 Å². The van der Waals surface area contributed by atoms with Crippen molar-refractivity contribution in [1.29, 1.82) is 0 Å². The van der Waals surface area contributed by atoms with Gasteiger partial charge in [-0.15, -0.1) is 0 Å². The fourth-order valence-electron chi connectivity index (χ4n) is 3.58. The van der Waals surface area contributed by atoms with Gasteiger partial charge in [0, 0.05) is 39.6 Å². The lowest BCUT2D eigenvalue weighted by atomic mass is 10.1. The van der Waals surface area contributed by atoms with Gasteiger partial charge in [0.05, 0.1) is 11.6 Å². The summed E-state index contributed by atoms with van der Waals surface area (Å²) in [7, 11) is 1.95. The number of rotatable bonds is 5. The summed E-state index contributed by atoms with van der Waals surface area (Å²) in [6, 6.07) is 10.5. The van der Waals surface area contributed by atoms with Gasteiger partial charge in [-0.1, -0.05) is 37.3 Å². The molecular formula is C20H26N6. The van der Waals surface area contributed by atoms with Crippen LogP contribution in [-0.2, 0) is 19.9 Å². The third-order valence-corrected chi connectivity index (χ3v) is 5.22. The van der Waals surface area contributed by atoms with E-state index in [9.17, 15) is 0 Å². The molecule has 3 heterocycles. The maximum atomic E-state index is 4.95. The van der Waals surface area contributed by atoms with Crippen molar-refractivity contribution in [3.8, 4) is 0 Å². The van der Waals surface area contributed by atoms with Crippen LogP contribution in [0, 0.1) is 0 Å². The summed E-state index contributed by atoms with van der Waals surface area (Å²) >= 11 is 0. The van der Waals surface area contributed by atoms with Gasteiger partial charge in [-0.3, -0.25) is 4.68 Å². The first-order valence-corrected chi connectivity index (χ1v) is 9.44. The van der Waals surface area contributed by atoms with Crippen LogP contribution in [0.5, 0.6) is 0 Å². The maximum Gasteiger partial charge on any atom is 0.163 e. The minimum atomic E-state index is 0.840. The van der Waals surface area contributed by atoms with Crippen molar-refractivity contribution in [2.24, 2.45) is 7.05 Å². The molecule has 0 unspecified atom stereocenters. The van der Waals surface area contributed by atoms with Gasteiger partial charge < -0.3 is 9.80 Å². The third kappa shape index (κ3) is 3.42. The minimum absolute atomic E-state index is 0.840. The molecule has 0 amide bonds. The molecule has 0 aliphatic carbocycles. The fourth-order valence-corrected chi connectivity index (χ4v) is 3.58. The van der Waals surface area contributed by atoms with E-state index in [0.717, 1.165) is 68.2 Å². The molecule has 1 aliphatic heterocycles. The van der Waals surface area contributed by atoms with Gasteiger partial charge in [0.25, 0.3) is 0 Å². The van der Waals surface area contributed by atoms with Crippen molar-refractivity contribution in [3.63, 3.8) is 0 Å². The number of anilines is 1. The highest BCUT2D eigenvalue weighted by atomic mass is 15.3. The van der Waals surface area contributed by atoms with E-state index in [4.69, 9.17) is 9.97 Å². The van der Waals surface area contributed by atoms with E-state index in [0.29, 0.717) is 0 Å². The van der Waals surface area contributed by atoms with Crippen LogP contribution in [0.2, 0.25) is 0 Å². The molecule has 3 aromatic rings. The molecule has 6 heteroatoms. The molecule has 26 heavy (non-hydrogen) atoms. The summed E-state index contributed by atoms with van der Waals surface area (Å²) in [5.74, 6) is 1.94. The zero-order valence-corrected chi connectivity index (χ0v) is 15.6. The lowest BCUT2D eigenvalue weighted by Crippen LogP contribution is -2.46. The van der Waals surface area contributed by atoms with Crippen LogP contribution in [0.3, 0.4) is 0 Å². The Bertz CT molecular complexity index is 865. The van der Waals surface area contributed by atoms with E-state index in [1.165, 1.54) is 5.56 Å². The van der Waals surface area contributed by atoms with Gasteiger partial charge in [-0.05, 0) is 18.5 Å². The average Bonchev–Trinajstić information content (AvgIpc) is 3.08. The molecule has 1 fully saturated rings. The number of hydrogen-bond donors (Lipinski definition) is 0. The topological polar surface area (TPSA) is 50.1 Å². The minimum Gasteiger partial charge on any atom is -0.353 e. The Kier molecular flexibility index (Phi) is 4.84. The highest BCUT2D eigenvalue weighted by Gasteiger charge is 2.21. The van der Waals surface area contributed by atoms with Crippen molar-refractivity contribution in [2.75, 3.05) is 37.6 Å². The molecule has 0 N–H and O–H groups in total. The van der Waals surface area contributed by atoms with Gasteiger partial charge >= 0.3 is 0 Å². The van der Waals surface area contributed by atoms with Crippen LogP contribution < -0.4 is 4.90 Å². The first-order chi connectivity index (χ1) is 12.7. The van der Waals surface area contributed by atoms with Crippen molar-refractivity contribution in [3.05, 3.63) is 47.9 Å². The van der Waals surface area contributed by atoms with E-state index < -0.39 is 0 Å². The molecule has 6 nitrogen and oxygen atoms in total. The molecule has 4 rings (SSSR count). The highest BCUT2D eigenvalue weighted by molar-refractivity contribution is 5.87. The average molecular weight is 350 g/mol. The van der Waals surface area contributed by atoms with Crippen molar-refractivity contribution >= 4 is 16.9 Å². The summed E-state index contributed by atoms with van der Waals surface area (Å²) in [4.78, 5) is 14.6. The number of fused-ring (bicyclic) bond motifs is 1. The van der Waals surface area contributed by atoms with Crippen LogP contribution in [0.25, 0.3) is 11.0 Å². The third-order valence-electron chi connectivity index (χ3n) is 5.22. The number of hydrogen-bond acceptors (Lipinski definition) is 5. The Balaban J connectivity index is 1.61. The van der Waals surface area contributed by atoms with E-state index in [1.54, 1.807) is 0 Å². The second-order valence-electron chi connectivity index (χ2n) is 6.88. The summed E-state index contributed by atoms with van der Waals surface area (Å²) in [5.41, 5.74) is 2.25. The molecule has 1 aromatic carbocycles. The predicted molar refractivity (Wildman–Crippen MR) is 104 cm³/mol. The Morgan fingerprint density at radius 2 is 1.73 bits per heavy atom. The van der Waals surface area contributed by atoms with Crippen LogP contribution in [-0.4, -0.2) is 57.4 Å². The molecule has 1 aliphatic rings. The molecular weight excluding hydrogens is 324 g/mol. The molecule has 0 saturated carbocycles. The lowest BCUT2D eigenvalue weighted by molar-refractivity contribution is 0.270. The quantitative estimate of drug-likeness (QED) is 0.707.